The van der Waals surface area contributed by atoms with E-state index in [-0.39, 0.29) is 5.76 Å². The Bertz CT molecular complexity index is 1310. The first-order valence-electron chi connectivity index (χ1n) is 12.0. The van der Waals surface area contributed by atoms with Gasteiger partial charge in [0.15, 0.2) is 0 Å². The molecule has 0 saturated carbocycles. The first-order chi connectivity index (χ1) is 17.6. The Morgan fingerprint density at radius 1 is 0.917 bits per heavy atom. The molecule has 0 aliphatic carbocycles. The lowest BCUT2D eigenvalue weighted by Crippen LogP contribution is -2.21. The quantitative estimate of drug-likeness (QED) is 0.116. The number of hydrogen-bond donors (Lipinski definition) is 0. The van der Waals surface area contributed by atoms with Crippen LogP contribution >= 0.6 is 11.3 Å². The maximum absolute atomic E-state index is 12.0. The van der Waals surface area contributed by atoms with E-state index in [9.17, 15) is 4.79 Å². The molecule has 0 fully saturated rings. The standard InChI is InChI=1S/C26H28N6O3S/c1-4-7-16-34-25(33)22-17-23-24(35-22)27-26(36-23)31-30-19-10-8-18(9-11-19)28-29-20-12-14-21(15-13-20)32(5-2)6-3/h8-15,17H,4-7,16H2,1-3H3. The van der Waals surface area contributed by atoms with Gasteiger partial charge in [0.2, 0.25) is 16.6 Å². The molecule has 2 aromatic carbocycles. The molecule has 2 heterocycles. The van der Waals surface area contributed by atoms with Gasteiger partial charge in [-0.15, -0.1) is 10.2 Å². The van der Waals surface area contributed by atoms with E-state index in [4.69, 9.17) is 9.15 Å². The summed E-state index contributed by atoms with van der Waals surface area (Å²) in [6.45, 7) is 8.62. The third-order valence-electron chi connectivity index (χ3n) is 5.37. The van der Waals surface area contributed by atoms with E-state index in [1.807, 2.05) is 43.3 Å². The Morgan fingerprint density at radius 2 is 1.50 bits per heavy atom. The minimum absolute atomic E-state index is 0.146. The van der Waals surface area contributed by atoms with Crippen molar-refractivity contribution in [2.75, 3.05) is 24.6 Å². The molecule has 0 amide bonds. The highest BCUT2D eigenvalue weighted by molar-refractivity contribution is 7.21. The summed E-state index contributed by atoms with van der Waals surface area (Å²) in [7, 11) is 0. The molecule has 0 aliphatic heterocycles. The lowest BCUT2D eigenvalue weighted by molar-refractivity contribution is 0.0465. The molecule has 4 rings (SSSR count). The van der Waals surface area contributed by atoms with Gasteiger partial charge in [-0.25, -0.2) is 4.79 Å². The number of thiazole rings is 1. The number of azo groups is 2. The second-order valence-corrected chi connectivity index (χ2v) is 8.88. The molecule has 0 aliphatic rings. The summed E-state index contributed by atoms with van der Waals surface area (Å²) >= 11 is 1.29. The van der Waals surface area contributed by atoms with Gasteiger partial charge in [-0.1, -0.05) is 24.7 Å². The second kappa shape index (κ2) is 12.2. The monoisotopic (exact) mass is 504 g/mol. The largest absolute Gasteiger partial charge is 0.460 e. The zero-order chi connectivity index (χ0) is 25.3. The minimum atomic E-state index is -0.481. The lowest BCUT2D eigenvalue weighted by Gasteiger charge is -2.20. The minimum Gasteiger partial charge on any atom is -0.460 e. The first kappa shape index (κ1) is 25.2. The number of aromatic nitrogens is 1. The number of hydrogen-bond acceptors (Lipinski definition) is 10. The van der Waals surface area contributed by atoms with Gasteiger partial charge in [-0.3, -0.25) is 0 Å². The van der Waals surface area contributed by atoms with Crippen molar-refractivity contribution in [1.82, 2.24) is 4.98 Å². The number of carbonyl (C=O) groups is 1. The normalized spacial score (nSPS) is 11.6. The Balaban J connectivity index is 1.34. The van der Waals surface area contributed by atoms with Crippen LogP contribution in [0.2, 0.25) is 0 Å². The van der Waals surface area contributed by atoms with E-state index in [0.717, 1.165) is 31.6 Å². The molecule has 0 spiro atoms. The second-order valence-electron chi connectivity index (χ2n) is 7.87. The van der Waals surface area contributed by atoms with Crippen molar-refractivity contribution in [2.24, 2.45) is 20.5 Å². The van der Waals surface area contributed by atoms with Crippen LogP contribution in [-0.4, -0.2) is 30.6 Å². The Hall–Kier alpha value is -3.92. The molecule has 0 saturated heterocycles. The van der Waals surface area contributed by atoms with Gasteiger partial charge < -0.3 is 14.1 Å². The molecule has 4 aromatic rings. The van der Waals surface area contributed by atoms with Crippen LogP contribution in [0.4, 0.5) is 27.9 Å². The van der Waals surface area contributed by atoms with Gasteiger partial charge in [-0.2, -0.15) is 15.2 Å². The average Bonchev–Trinajstić information content (AvgIpc) is 3.48. The zero-order valence-corrected chi connectivity index (χ0v) is 21.4. The molecular weight excluding hydrogens is 476 g/mol. The molecule has 0 bridgehead atoms. The number of furan rings is 1. The van der Waals surface area contributed by atoms with Crippen LogP contribution in [0.25, 0.3) is 10.4 Å². The Kier molecular flexibility index (Phi) is 8.51. The van der Waals surface area contributed by atoms with Crippen LogP contribution < -0.4 is 4.90 Å². The Labute approximate surface area is 213 Å². The van der Waals surface area contributed by atoms with Crippen LogP contribution in [0.15, 0.2) is 79.5 Å². The fourth-order valence-corrected chi connectivity index (χ4v) is 4.12. The summed E-state index contributed by atoms with van der Waals surface area (Å²) in [5.41, 5.74) is 3.68. The maximum atomic E-state index is 12.0. The van der Waals surface area contributed by atoms with Crippen molar-refractivity contribution >= 4 is 55.6 Å². The van der Waals surface area contributed by atoms with E-state index >= 15 is 0 Å². The summed E-state index contributed by atoms with van der Waals surface area (Å²) < 4.78 is 11.4. The van der Waals surface area contributed by atoms with Crippen molar-refractivity contribution < 1.29 is 13.9 Å². The molecule has 9 nitrogen and oxygen atoms in total. The number of benzene rings is 2. The first-order valence-corrected chi connectivity index (χ1v) is 12.8. The molecular formula is C26H28N6O3S. The number of esters is 1. The number of carbonyl (C=O) groups excluding carboxylic acids is 1. The molecule has 186 valence electrons. The lowest BCUT2D eigenvalue weighted by atomic mass is 10.2. The van der Waals surface area contributed by atoms with Gasteiger partial charge in [0.1, 0.15) is 0 Å². The van der Waals surface area contributed by atoms with Crippen molar-refractivity contribution in [3.63, 3.8) is 0 Å². The fourth-order valence-electron chi connectivity index (χ4n) is 3.37. The van der Waals surface area contributed by atoms with Gasteiger partial charge in [0.05, 0.1) is 28.4 Å². The zero-order valence-electron chi connectivity index (χ0n) is 20.5. The van der Waals surface area contributed by atoms with E-state index in [1.165, 1.54) is 17.0 Å². The van der Waals surface area contributed by atoms with Crippen molar-refractivity contribution in [1.29, 1.82) is 0 Å². The highest BCUT2D eigenvalue weighted by Gasteiger charge is 2.17. The molecule has 0 atom stereocenters. The van der Waals surface area contributed by atoms with Crippen LogP contribution in [0.5, 0.6) is 0 Å². The van der Waals surface area contributed by atoms with Gasteiger partial charge >= 0.3 is 5.97 Å². The molecule has 0 N–H and O–H groups in total. The van der Waals surface area contributed by atoms with Gasteiger partial charge in [-0.05, 0) is 68.8 Å². The summed E-state index contributed by atoms with van der Waals surface area (Å²) in [5, 5.41) is 17.4. The smallest absolute Gasteiger partial charge is 0.374 e. The van der Waals surface area contributed by atoms with Gasteiger partial charge in [0.25, 0.3) is 0 Å². The molecule has 36 heavy (non-hydrogen) atoms. The fraction of sp³-hybridized carbons (Fsp3) is 0.308. The van der Waals surface area contributed by atoms with Crippen LogP contribution in [-0.2, 0) is 4.74 Å². The highest BCUT2D eigenvalue weighted by atomic mass is 32.1. The number of unbranched alkanes of at least 4 members (excludes halogenated alkanes) is 1. The SMILES string of the molecule is CCCCOC(=O)c1cc2sc(N=Nc3ccc(N=Nc4ccc(N(CC)CC)cc4)cc3)nc2o1. The summed E-state index contributed by atoms with van der Waals surface area (Å²) in [5.74, 6) is -0.335. The highest BCUT2D eigenvalue weighted by Crippen LogP contribution is 2.32. The van der Waals surface area contributed by atoms with Crippen LogP contribution in [0.3, 0.4) is 0 Å². The maximum Gasteiger partial charge on any atom is 0.374 e. The molecule has 2 aromatic heterocycles. The van der Waals surface area contributed by atoms with Crippen molar-refractivity contribution in [3.8, 4) is 0 Å². The summed E-state index contributed by atoms with van der Waals surface area (Å²) in [4.78, 5) is 18.6. The predicted molar refractivity (Wildman–Crippen MR) is 142 cm³/mol. The molecule has 0 unspecified atom stereocenters. The predicted octanol–water partition coefficient (Wildman–Crippen LogP) is 8.52. The number of nitrogens with zero attached hydrogens (tertiary/aromatic N) is 6. The Morgan fingerprint density at radius 3 is 2.06 bits per heavy atom. The van der Waals surface area contributed by atoms with E-state index in [0.29, 0.717) is 33.5 Å². The van der Waals surface area contributed by atoms with Gasteiger partial charge in [0, 0.05) is 24.8 Å². The topological polar surface area (TPSA) is 105 Å². The summed E-state index contributed by atoms with van der Waals surface area (Å²) in [6, 6.07) is 16.9. The third kappa shape index (κ3) is 6.39. The van der Waals surface area contributed by atoms with Crippen molar-refractivity contribution in [2.45, 2.75) is 33.6 Å². The van der Waals surface area contributed by atoms with E-state index < -0.39 is 5.97 Å². The third-order valence-corrected chi connectivity index (χ3v) is 6.24. The van der Waals surface area contributed by atoms with Crippen molar-refractivity contribution in [3.05, 3.63) is 60.4 Å². The average molecular weight is 505 g/mol. The number of ether oxygens (including phenoxy) is 1. The van der Waals surface area contributed by atoms with Crippen LogP contribution in [0, 0.1) is 0 Å². The molecule has 10 heteroatoms. The number of rotatable bonds is 11. The number of anilines is 1. The molecule has 0 radical (unpaired) electrons. The number of fused-ring (bicyclic) bond motifs is 1. The van der Waals surface area contributed by atoms with E-state index in [1.54, 1.807) is 6.07 Å². The summed E-state index contributed by atoms with van der Waals surface area (Å²) in [6.07, 6.45) is 1.77. The van der Waals surface area contributed by atoms with Crippen LogP contribution in [0.1, 0.15) is 44.2 Å². The van der Waals surface area contributed by atoms with E-state index in [2.05, 4.69) is 56.3 Å².